The Morgan fingerprint density at radius 2 is 1.77 bits per heavy atom. The van der Waals surface area contributed by atoms with E-state index in [4.69, 9.17) is 11.6 Å². The van der Waals surface area contributed by atoms with Crippen LogP contribution in [0.1, 0.15) is 18.2 Å². The largest absolute Gasteiger partial charge is 0.211 e. The Bertz CT molecular complexity index is 827. The van der Waals surface area contributed by atoms with E-state index < -0.39 is 0 Å². The van der Waals surface area contributed by atoms with E-state index in [1.165, 1.54) is 5.56 Å². The van der Waals surface area contributed by atoms with Crippen LogP contribution in [0.2, 0.25) is 5.02 Å². The number of benzene rings is 2. The summed E-state index contributed by atoms with van der Waals surface area (Å²) < 4.78 is 1.68. The van der Waals surface area contributed by atoms with Crippen molar-refractivity contribution in [1.29, 1.82) is 5.26 Å². The van der Waals surface area contributed by atoms with Crippen LogP contribution in [0.3, 0.4) is 0 Å². The maximum Gasteiger partial charge on any atom is 0.191 e. The number of halogens is 1. The minimum absolute atomic E-state index is 0.293. The molecule has 0 amide bonds. The Labute approximate surface area is 133 Å². The Morgan fingerprint density at radius 3 is 2.36 bits per heavy atom. The van der Waals surface area contributed by atoms with E-state index in [1.54, 1.807) is 16.8 Å². The Hall–Kier alpha value is -2.64. The highest BCUT2D eigenvalue weighted by Gasteiger charge is 2.16. The van der Waals surface area contributed by atoms with Crippen LogP contribution in [-0.4, -0.2) is 15.0 Å². The standard InChI is InChI=1S/C17H13ClN4/c1-2-12-3-9-15(10-4-12)22-17(16(11-19)20-21-22)13-5-7-14(18)8-6-13/h3-10H,2H2,1H3. The summed E-state index contributed by atoms with van der Waals surface area (Å²) in [5.74, 6) is 0. The van der Waals surface area contributed by atoms with E-state index in [9.17, 15) is 5.26 Å². The Morgan fingerprint density at radius 1 is 1.09 bits per heavy atom. The molecule has 5 heteroatoms. The fourth-order valence-electron chi connectivity index (χ4n) is 2.28. The molecule has 0 unspecified atom stereocenters. The molecule has 108 valence electrons. The molecular weight excluding hydrogens is 296 g/mol. The van der Waals surface area contributed by atoms with Gasteiger partial charge in [-0.25, -0.2) is 4.68 Å². The van der Waals surface area contributed by atoms with Crippen LogP contribution >= 0.6 is 11.6 Å². The van der Waals surface area contributed by atoms with Crippen molar-refractivity contribution >= 4 is 11.6 Å². The van der Waals surface area contributed by atoms with E-state index in [1.807, 2.05) is 24.3 Å². The highest BCUT2D eigenvalue weighted by molar-refractivity contribution is 6.30. The molecule has 0 atom stereocenters. The molecule has 22 heavy (non-hydrogen) atoms. The van der Waals surface area contributed by atoms with Gasteiger partial charge in [0.1, 0.15) is 11.8 Å². The summed E-state index contributed by atoms with van der Waals surface area (Å²) in [7, 11) is 0. The molecule has 3 rings (SSSR count). The lowest BCUT2D eigenvalue weighted by atomic mass is 10.1. The number of aromatic nitrogens is 3. The quantitative estimate of drug-likeness (QED) is 0.734. The van der Waals surface area contributed by atoms with Crippen LogP contribution in [0, 0.1) is 11.3 Å². The lowest BCUT2D eigenvalue weighted by molar-refractivity contribution is 0.806. The second-order valence-electron chi connectivity index (χ2n) is 4.84. The van der Waals surface area contributed by atoms with E-state index in [-0.39, 0.29) is 0 Å². The van der Waals surface area contributed by atoms with Crippen molar-refractivity contribution in [2.45, 2.75) is 13.3 Å². The second kappa shape index (κ2) is 6.00. The molecule has 0 saturated carbocycles. The first-order chi connectivity index (χ1) is 10.7. The van der Waals surface area contributed by atoms with E-state index >= 15 is 0 Å². The highest BCUT2D eigenvalue weighted by Crippen LogP contribution is 2.26. The van der Waals surface area contributed by atoms with Crippen molar-refractivity contribution in [2.75, 3.05) is 0 Å². The molecule has 2 aromatic carbocycles. The van der Waals surface area contributed by atoms with Gasteiger partial charge in [-0.05, 0) is 36.2 Å². The molecule has 0 radical (unpaired) electrons. The Kier molecular flexibility index (Phi) is 3.90. The number of hydrogen-bond donors (Lipinski definition) is 0. The summed E-state index contributed by atoms with van der Waals surface area (Å²) in [5, 5.41) is 18.0. The van der Waals surface area contributed by atoms with Crippen LogP contribution in [-0.2, 0) is 6.42 Å². The summed E-state index contributed by atoms with van der Waals surface area (Å²) in [6.07, 6.45) is 0.977. The molecule has 3 aromatic rings. The predicted octanol–water partition coefficient (Wildman–Crippen LogP) is 4.02. The third-order valence-electron chi connectivity index (χ3n) is 3.48. The molecule has 0 spiro atoms. The first kappa shape index (κ1) is 14.3. The van der Waals surface area contributed by atoms with Crippen LogP contribution in [0.4, 0.5) is 0 Å². The molecule has 0 aliphatic heterocycles. The van der Waals surface area contributed by atoms with Gasteiger partial charge in [0.2, 0.25) is 0 Å². The average molecular weight is 309 g/mol. The number of hydrogen-bond acceptors (Lipinski definition) is 3. The van der Waals surface area contributed by atoms with Gasteiger partial charge in [0, 0.05) is 10.6 Å². The molecule has 0 saturated heterocycles. The SMILES string of the molecule is CCc1ccc(-n2nnc(C#N)c2-c2ccc(Cl)cc2)cc1. The van der Waals surface area contributed by atoms with Gasteiger partial charge in [-0.3, -0.25) is 0 Å². The molecule has 0 N–H and O–H groups in total. The smallest absolute Gasteiger partial charge is 0.191 e. The minimum Gasteiger partial charge on any atom is -0.211 e. The molecule has 0 aliphatic rings. The van der Waals surface area contributed by atoms with Gasteiger partial charge in [-0.2, -0.15) is 5.26 Å². The first-order valence-electron chi connectivity index (χ1n) is 6.94. The lowest BCUT2D eigenvalue weighted by Gasteiger charge is -2.07. The minimum atomic E-state index is 0.293. The van der Waals surface area contributed by atoms with Crippen LogP contribution in [0.5, 0.6) is 0 Å². The molecule has 0 bridgehead atoms. The fraction of sp³-hybridized carbons (Fsp3) is 0.118. The Balaban J connectivity index is 2.14. The van der Waals surface area contributed by atoms with Crippen LogP contribution < -0.4 is 0 Å². The summed E-state index contributed by atoms with van der Waals surface area (Å²) in [6, 6.07) is 17.4. The predicted molar refractivity (Wildman–Crippen MR) is 85.9 cm³/mol. The molecule has 0 aliphatic carbocycles. The van der Waals surface area contributed by atoms with Gasteiger partial charge in [-0.1, -0.05) is 48.0 Å². The van der Waals surface area contributed by atoms with Crippen molar-refractivity contribution in [3.05, 3.63) is 64.8 Å². The van der Waals surface area contributed by atoms with E-state index in [0.29, 0.717) is 16.4 Å². The highest BCUT2D eigenvalue weighted by atomic mass is 35.5. The van der Waals surface area contributed by atoms with Gasteiger partial charge >= 0.3 is 0 Å². The summed E-state index contributed by atoms with van der Waals surface area (Å²) >= 11 is 5.93. The monoisotopic (exact) mass is 308 g/mol. The van der Waals surface area contributed by atoms with Crippen molar-refractivity contribution in [3.63, 3.8) is 0 Å². The van der Waals surface area contributed by atoms with Crippen LogP contribution in [0.15, 0.2) is 48.5 Å². The van der Waals surface area contributed by atoms with Gasteiger partial charge in [-0.15, -0.1) is 5.10 Å². The first-order valence-corrected chi connectivity index (χ1v) is 7.31. The lowest BCUT2D eigenvalue weighted by Crippen LogP contribution is -2.00. The molecule has 1 aromatic heterocycles. The van der Waals surface area contributed by atoms with Gasteiger partial charge < -0.3 is 0 Å². The fourth-order valence-corrected chi connectivity index (χ4v) is 2.40. The van der Waals surface area contributed by atoms with E-state index in [0.717, 1.165) is 17.7 Å². The summed E-state index contributed by atoms with van der Waals surface area (Å²) in [6.45, 7) is 2.11. The third-order valence-corrected chi connectivity index (χ3v) is 3.73. The van der Waals surface area contributed by atoms with Crippen molar-refractivity contribution < 1.29 is 0 Å². The average Bonchev–Trinajstić information content (AvgIpc) is 2.99. The maximum atomic E-state index is 9.28. The number of nitrogens with zero attached hydrogens (tertiary/aromatic N) is 4. The van der Waals surface area contributed by atoms with E-state index in [2.05, 4.69) is 35.4 Å². The maximum absolute atomic E-state index is 9.28. The number of aryl methyl sites for hydroxylation is 1. The number of nitriles is 1. The molecule has 0 fully saturated rings. The van der Waals surface area contributed by atoms with Gasteiger partial charge in [0.25, 0.3) is 0 Å². The molecule has 1 heterocycles. The molecule has 4 nitrogen and oxygen atoms in total. The summed E-state index contributed by atoms with van der Waals surface area (Å²) in [5.41, 5.74) is 3.93. The number of rotatable bonds is 3. The van der Waals surface area contributed by atoms with Crippen LogP contribution in [0.25, 0.3) is 16.9 Å². The summed E-state index contributed by atoms with van der Waals surface area (Å²) in [4.78, 5) is 0. The zero-order valence-corrected chi connectivity index (χ0v) is 12.7. The van der Waals surface area contributed by atoms with Gasteiger partial charge in [0.05, 0.1) is 5.69 Å². The van der Waals surface area contributed by atoms with Gasteiger partial charge in [0.15, 0.2) is 5.69 Å². The van der Waals surface area contributed by atoms with Crippen molar-refractivity contribution in [2.24, 2.45) is 0 Å². The second-order valence-corrected chi connectivity index (χ2v) is 5.27. The van der Waals surface area contributed by atoms with Crippen molar-refractivity contribution in [3.8, 4) is 23.0 Å². The zero-order chi connectivity index (χ0) is 15.5. The zero-order valence-electron chi connectivity index (χ0n) is 12.0. The topological polar surface area (TPSA) is 54.5 Å². The van der Waals surface area contributed by atoms with Crippen molar-refractivity contribution in [1.82, 2.24) is 15.0 Å². The third kappa shape index (κ3) is 2.59. The molecular formula is C17H13ClN4. The normalized spacial score (nSPS) is 10.4.